The van der Waals surface area contributed by atoms with Crippen LogP contribution in [0, 0.1) is 6.92 Å². The smallest absolute Gasteiger partial charge is 0.250 e. The van der Waals surface area contributed by atoms with Gasteiger partial charge in [0.05, 0.1) is 23.8 Å². The molecule has 0 unspecified atom stereocenters. The summed E-state index contributed by atoms with van der Waals surface area (Å²) in [7, 11) is 1.95. The number of anilines is 1. The van der Waals surface area contributed by atoms with Gasteiger partial charge in [-0.05, 0) is 69.5 Å². The molecule has 184 valence electrons. The van der Waals surface area contributed by atoms with E-state index < -0.39 is 5.54 Å². The molecular formula is C26H33N7O2. The molecule has 4 heterocycles. The quantitative estimate of drug-likeness (QED) is 0.585. The summed E-state index contributed by atoms with van der Waals surface area (Å²) in [6.07, 6.45) is 8.82. The summed E-state index contributed by atoms with van der Waals surface area (Å²) in [5.74, 6) is 0.326. The van der Waals surface area contributed by atoms with Crippen LogP contribution in [-0.4, -0.2) is 75.2 Å². The van der Waals surface area contributed by atoms with Crippen molar-refractivity contribution in [3.8, 4) is 17.0 Å². The number of phenols is 1. The highest BCUT2D eigenvalue weighted by atomic mass is 16.3. The van der Waals surface area contributed by atoms with Gasteiger partial charge in [0.2, 0.25) is 0 Å². The molecule has 0 saturated carbocycles. The van der Waals surface area contributed by atoms with Crippen LogP contribution in [0.5, 0.6) is 5.75 Å². The van der Waals surface area contributed by atoms with Crippen molar-refractivity contribution >= 4 is 11.6 Å². The number of hydrogen-bond donors (Lipinski definition) is 2. The Labute approximate surface area is 205 Å². The standard InChI is InChI=1S/C26H33N7O2/c1-19-16-29-33(18-19)26(25(35)31(2)20-7-11-27-12-8-20)9-13-32(14-10-26)21-15-23(30-28-17-21)22-5-3-4-6-24(22)34/h3-6,15-18,20,27,34H,7-14H2,1-2H3. The summed E-state index contributed by atoms with van der Waals surface area (Å²) >= 11 is 0. The molecule has 5 rings (SSSR count). The zero-order chi connectivity index (χ0) is 24.4. The summed E-state index contributed by atoms with van der Waals surface area (Å²) in [4.78, 5) is 18.2. The third-order valence-electron chi connectivity index (χ3n) is 7.50. The Kier molecular flexibility index (Phi) is 6.42. The Balaban J connectivity index is 1.39. The first-order chi connectivity index (χ1) is 17.0. The summed E-state index contributed by atoms with van der Waals surface area (Å²) in [5, 5.41) is 26.7. The molecule has 9 nitrogen and oxygen atoms in total. The monoisotopic (exact) mass is 475 g/mol. The molecule has 1 amide bonds. The lowest BCUT2D eigenvalue weighted by Gasteiger charge is -2.45. The minimum absolute atomic E-state index is 0.148. The number of aromatic hydroxyl groups is 1. The second-order valence-corrected chi connectivity index (χ2v) is 9.69. The van der Waals surface area contributed by atoms with Crippen molar-refractivity contribution in [1.82, 2.24) is 30.2 Å². The first-order valence-electron chi connectivity index (χ1n) is 12.3. The van der Waals surface area contributed by atoms with Crippen LogP contribution in [0.1, 0.15) is 31.2 Å². The number of nitrogens with one attached hydrogen (secondary N) is 1. The number of amides is 1. The van der Waals surface area contributed by atoms with Crippen molar-refractivity contribution in [3.05, 3.63) is 54.5 Å². The molecule has 0 radical (unpaired) electrons. The van der Waals surface area contributed by atoms with Crippen molar-refractivity contribution in [2.75, 3.05) is 38.1 Å². The number of aryl methyl sites for hydroxylation is 1. The Morgan fingerprint density at radius 1 is 1.17 bits per heavy atom. The number of hydrogen-bond acceptors (Lipinski definition) is 7. The normalized spacial score (nSPS) is 18.4. The Morgan fingerprint density at radius 2 is 1.91 bits per heavy atom. The van der Waals surface area contributed by atoms with Gasteiger partial charge in [0.15, 0.2) is 0 Å². The molecule has 2 aliphatic heterocycles. The van der Waals surface area contributed by atoms with E-state index in [1.54, 1.807) is 18.3 Å². The first-order valence-corrected chi connectivity index (χ1v) is 12.3. The van der Waals surface area contributed by atoms with Gasteiger partial charge >= 0.3 is 0 Å². The molecule has 2 aliphatic rings. The van der Waals surface area contributed by atoms with E-state index in [9.17, 15) is 9.90 Å². The number of carbonyl (C=O) groups excluding carboxylic acids is 1. The van der Waals surface area contributed by atoms with Gasteiger partial charge in [0.1, 0.15) is 11.3 Å². The second-order valence-electron chi connectivity index (χ2n) is 9.69. The number of phenolic OH excluding ortho intramolecular Hbond substituents is 1. The molecule has 0 spiro atoms. The van der Waals surface area contributed by atoms with Crippen LogP contribution in [0.4, 0.5) is 5.69 Å². The van der Waals surface area contributed by atoms with Gasteiger partial charge in [0, 0.05) is 37.9 Å². The highest BCUT2D eigenvalue weighted by Gasteiger charge is 2.46. The van der Waals surface area contributed by atoms with Crippen LogP contribution >= 0.6 is 0 Å². The minimum atomic E-state index is -0.703. The van der Waals surface area contributed by atoms with E-state index in [1.807, 2.05) is 54.1 Å². The third kappa shape index (κ3) is 4.48. The number of piperidine rings is 2. The van der Waals surface area contributed by atoms with Gasteiger partial charge in [-0.1, -0.05) is 12.1 Å². The van der Waals surface area contributed by atoms with Crippen LogP contribution in [0.3, 0.4) is 0 Å². The zero-order valence-electron chi connectivity index (χ0n) is 20.4. The lowest BCUT2D eigenvalue weighted by Crippen LogP contribution is -2.58. The highest BCUT2D eigenvalue weighted by Crippen LogP contribution is 2.36. The topological polar surface area (TPSA) is 99.4 Å². The van der Waals surface area contributed by atoms with E-state index in [-0.39, 0.29) is 17.7 Å². The van der Waals surface area contributed by atoms with E-state index in [1.165, 1.54) is 0 Å². The highest BCUT2D eigenvalue weighted by molar-refractivity contribution is 5.85. The van der Waals surface area contributed by atoms with Gasteiger partial charge in [0.25, 0.3) is 5.91 Å². The molecule has 1 aromatic carbocycles. The van der Waals surface area contributed by atoms with Crippen molar-refractivity contribution in [2.45, 2.75) is 44.2 Å². The van der Waals surface area contributed by atoms with Crippen molar-refractivity contribution in [2.24, 2.45) is 0 Å². The summed E-state index contributed by atoms with van der Waals surface area (Å²) in [6.45, 7) is 5.28. The maximum Gasteiger partial charge on any atom is 0.250 e. The molecule has 9 heteroatoms. The average molecular weight is 476 g/mol. The van der Waals surface area contributed by atoms with Crippen LogP contribution < -0.4 is 10.2 Å². The fourth-order valence-electron chi connectivity index (χ4n) is 5.36. The lowest BCUT2D eigenvalue weighted by molar-refractivity contribution is -0.144. The van der Waals surface area contributed by atoms with E-state index in [2.05, 4.69) is 25.5 Å². The van der Waals surface area contributed by atoms with E-state index in [0.717, 1.165) is 37.2 Å². The molecule has 0 bridgehead atoms. The predicted molar refractivity (Wildman–Crippen MR) is 134 cm³/mol. The largest absolute Gasteiger partial charge is 0.507 e. The van der Waals surface area contributed by atoms with E-state index in [4.69, 9.17) is 0 Å². The molecular weight excluding hydrogens is 442 g/mol. The van der Waals surface area contributed by atoms with Gasteiger partial charge < -0.3 is 20.2 Å². The molecule has 0 atom stereocenters. The fraction of sp³-hybridized carbons (Fsp3) is 0.462. The number of nitrogens with zero attached hydrogens (tertiary/aromatic N) is 6. The molecule has 35 heavy (non-hydrogen) atoms. The molecule has 2 aromatic heterocycles. The van der Waals surface area contributed by atoms with Gasteiger partial charge in [-0.3, -0.25) is 9.48 Å². The maximum atomic E-state index is 14.0. The maximum absolute atomic E-state index is 14.0. The molecule has 2 saturated heterocycles. The number of likely N-dealkylation sites (N-methyl/N-ethyl adjacent to an activating group) is 1. The number of para-hydroxylation sites is 1. The summed E-state index contributed by atoms with van der Waals surface area (Å²) in [6, 6.07) is 9.34. The van der Waals surface area contributed by atoms with E-state index >= 15 is 0 Å². The van der Waals surface area contributed by atoms with E-state index in [0.29, 0.717) is 37.2 Å². The van der Waals surface area contributed by atoms with Gasteiger partial charge in [-0.25, -0.2) is 0 Å². The average Bonchev–Trinajstić information content (AvgIpc) is 3.35. The number of rotatable bonds is 5. The molecule has 2 N–H and O–H groups in total. The van der Waals surface area contributed by atoms with Crippen molar-refractivity contribution < 1.29 is 9.90 Å². The van der Waals surface area contributed by atoms with Crippen LogP contribution in [0.15, 0.2) is 48.9 Å². The van der Waals surface area contributed by atoms with Crippen LogP contribution in [0.25, 0.3) is 11.3 Å². The second kappa shape index (κ2) is 9.65. The Bertz CT molecular complexity index is 1180. The van der Waals surface area contributed by atoms with Gasteiger partial charge in [-0.2, -0.15) is 15.3 Å². The fourth-order valence-corrected chi connectivity index (χ4v) is 5.36. The zero-order valence-corrected chi connectivity index (χ0v) is 20.4. The Morgan fingerprint density at radius 3 is 2.60 bits per heavy atom. The molecule has 0 aliphatic carbocycles. The minimum Gasteiger partial charge on any atom is -0.507 e. The third-order valence-corrected chi connectivity index (χ3v) is 7.50. The Hall–Kier alpha value is -3.46. The van der Waals surface area contributed by atoms with Crippen molar-refractivity contribution in [3.63, 3.8) is 0 Å². The van der Waals surface area contributed by atoms with Crippen LogP contribution in [0.2, 0.25) is 0 Å². The lowest BCUT2D eigenvalue weighted by atomic mass is 9.85. The predicted octanol–water partition coefficient (Wildman–Crippen LogP) is 2.56. The molecule has 2 fully saturated rings. The number of benzene rings is 1. The van der Waals surface area contributed by atoms with Crippen molar-refractivity contribution in [1.29, 1.82) is 0 Å². The first kappa shape index (κ1) is 23.3. The van der Waals surface area contributed by atoms with Gasteiger partial charge in [-0.15, -0.1) is 0 Å². The SMILES string of the molecule is Cc1cnn(C2(C(=O)N(C)C3CCNCC3)CCN(c3cnnc(-c4ccccc4O)c3)CC2)c1. The summed E-state index contributed by atoms with van der Waals surface area (Å²) < 4.78 is 1.90. The number of aromatic nitrogens is 4. The summed E-state index contributed by atoms with van der Waals surface area (Å²) in [5.41, 5.74) is 2.56. The molecule has 3 aromatic rings. The van der Waals surface area contributed by atoms with Crippen LogP contribution in [-0.2, 0) is 10.3 Å². The number of carbonyl (C=O) groups is 1.